The second kappa shape index (κ2) is 3.87. The van der Waals surface area contributed by atoms with E-state index in [1.54, 1.807) is 0 Å². The fourth-order valence-electron chi connectivity index (χ4n) is 1.12. The molecule has 0 saturated heterocycles. The molecular formula is C12H21N3. The summed E-state index contributed by atoms with van der Waals surface area (Å²) in [5, 5.41) is 8.69. The molecule has 1 heterocycles. The highest BCUT2D eigenvalue weighted by Crippen LogP contribution is 2.27. The summed E-state index contributed by atoms with van der Waals surface area (Å²) in [6, 6.07) is 0. The first-order chi connectivity index (χ1) is 6.76. The molecule has 15 heavy (non-hydrogen) atoms. The Morgan fingerprint density at radius 2 is 1.87 bits per heavy atom. The van der Waals surface area contributed by atoms with E-state index < -0.39 is 0 Å². The molecule has 0 fully saturated rings. The van der Waals surface area contributed by atoms with Gasteiger partial charge >= 0.3 is 0 Å². The zero-order valence-electron chi connectivity index (χ0n) is 10.6. The van der Waals surface area contributed by atoms with E-state index in [1.165, 1.54) is 0 Å². The summed E-state index contributed by atoms with van der Waals surface area (Å²) in [5.74, 6) is 1.22. The maximum Gasteiger partial charge on any atom is 0.155 e. The third-order valence-electron chi connectivity index (χ3n) is 2.81. The number of hydrogen-bond acceptors (Lipinski definition) is 3. The smallest absolute Gasteiger partial charge is 0.155 e. The molecule has 0 aliphatic carbocycles. The quantitative estimate of drug-likeness (QED) is 0.626. The van der Waals surface area contributed by atoms with E-state index in [2.05, 4.69) is 56.8 Å². The van der Waals surface area contributed by atoms with Gasteiger partial charge in [0.2, 0.25) is 0 Å². The van der Waals surface area contributed by atoms with E-state index >= 15 is 0 Å². The standard InChI is InChI=1S/C12H21N3/c1-9(2)12(6)7-8-13-10(14-15-12)11(3,4)5/h7-9H,1-6H3. The number of aliphatic imine (C=N–C) groups is 1. The maximum absolute atomic E-state index is 4.41. The summed E-state index contributed by atoms with van der Waals surface area (Å²) >= 11 is 0. The highest BCUT2D eigenvalue weighted by molar-refractivity contribution is 5.88. The minimum Gasteiger partial charge on any atom is -0.239 e. The lowest BCUT2D eigenvalue weighted by atomic mass is 9.90. The van der Waals surface area contributed by atoms with Crippen LogP contribution in [0.15, 0.2) is 27.5 Å². The van der Waals surface area contributed by atoms with Gasteiger partial charge in [-0.1, -0.05) is 34.6 Å². The van der Waals surface area contributed by atoms with Crippen LogP contribution in [0.5, 0.6) is 0 Å². The molecule has 0 aromatic heterocycles. The van der Waals surface area contributed by atoms with Gasteiger partial charge in [0.15, 0.2) is 5.84 Å². The van der Waals surface area contributed by atoms with Gasteiger partial charge < -0.3 is 0 Å². The summed E-state index contributed by atoms with van der Waals surface area (Å²) in [6.07, 6.45) is 3.86. The second-order valence-electron chi connectivity index (χ2n) is 5.60. The summed E-state index contributed by atoms with van der Waals surface area (Å²) in [7, 11) is 0. The molecule has 0 amide bonds. The molecule has 0 aromatic carbocycles. The summed E-state index contributed by atoms with van der Waals surface area (Å²) in [6.45, 7) is 12.7. The maximum atomic E-state index is 4.41. The summed E-state index contributed by atoms with van der Waals surface area (Å²) < 4.78 is 0. The van der Waals surface area contributed by atoms with Crippen molar-refractivity contribution in [2.24, 2.45) is 26.6 Å². The predicted molar refractivity (Wildman–Crippen MR) is 64.1 cm³/mol. The third kappa shape index (κ3) is 2.74. The van der Waals surface area contributed by atoms with E-state index in [0.29, 0.717) is 5.92 Å². The van der Waals surface area contributed by atoms with Gasteiger partial charge in [-0.05, 0) is 18.9 Å². The Hall–Kier alpha value is -0.990. The zero-order chi connectivity index (χ0) is 11.7. The number of azo groups is 1. The van der Waals surface area contributed by atoms with Crippen LogP contribution in [-0.2, 0) is 0 Å². The van der Waals surface area contributed by atoms with Gasteiger partial charge in [-0.15, -0.1) is 5.11 Å². The van der Waals surface area contributed by atoms with Crippen LogP contribution in [0.25, 0.3) is 0 Å². The first-order valence-corrected chi connectivity index (χ1v) is 5.44. The molecule has 0 bridgehead atoms. The molecule has 0 spiro atoms. The Labute approximate surface area is 92.4 Å². The summed E-state index contributed by atoms with van der Waals surface area (Å²) in [4.78, 5) is 4.35. The molecule has 3 nitrogen and oxygen atoms in total. The van der Waals surface area contributed by atoms with Crippen LogP contribution >= 0.6 is 0 Å². The minimum atomic E-state index is -0.226. The van der Waals surface area contributed by atoms with Crippen molar-refractivity contribution in [3.63, 3.8) is 0 Å². The van der Waals surface area contributed by atoms with Gasteiger partial charge in [0.25, 0.3) is 0 Å². The van der Waals surface area contributed by atoms with Crippen molar-refractivity contribution in [1.29, 1.82) is 0 Å². The molecule has 0 radical (unpaired) electrons. The highest BCUT2D eigenvalue weighted by atomic mass is 15.2. The minimum absolute atomic E-state index is 0.0456. The fraction of sp³-hybridized carbons (Fsp3) is 0.750. The van der Waals surface area contributed by atoms with Crippen LogP contribution in [0.1, 0.15) is 41.5 Å². The Morgan fingerprint density at radius 3 is 2.33 bits per heavy atom. The molecule has 1 aliphatic rings. The molecule has 1 aliphatic heterocycles. The van der Waals surface area contributed by atoms with Crippen molar-refractivity contribution in [3.8, 4) is 0 Å². The van der Waals surface area contributed by atoms with E-state index in [9.17, 15) is 0 Å². The number of hydrogen-bond donors (Lipinski definition) is 0. The molecular weight excluding hydrogens is 186 g/mol. The van der Waals surface area contributed by atoms with Crippen molar-refractivity contribution < 1.29 is 0 Å². The third-order valence-corrected chi connectivity index (χ3v) is 2.81. The van der Waals surface area contributed by atoms with Crippen LogP contribution in [-0.4, -0.2) is 11.4 Å². The Bertz CT molecular complexity index is 318. The van der Waals surface area contributed by atoms with Gasteiger partial charge in [0, 0.05) is 11.6 Å². The predicted octanol–water partition coefficient (Wildman–Crippen LogP) is 3.83. The average molecular weight is 207 g/mol. The Morgan fingerprint density at radius 1 is 1.27 bits per heavy atom. The average Bonchev–Trinajstić information content (AvgIpc) is 2.26. The van der Waals surface area contributed by atoms with Crippen LogP contribution < -0.4 is 0 Å². The van der Waals surface area contributed by atoms with Crippen LogP contribution in [0.3, 0.4) is 0 Å². The molecule has 3 heteroatoms. The fourth-order valence-corrected chi connectivity index (χ4v) is 1.12. The van der Waals surface area contributed by atoms with Crippen molar-refractivity contribution in [2.75, 3.05) is 0 Å². The molecule has 0 saturated carbocycles. The first kappa shape index (κ1) is 12.1. The number of rotatable bonds is 1. The topological polar surface area (TPSA) is 37.1 Å². The van der Waals surface area contributed by atoms with Crippen molar-refractivity contribution in [2.45, 2.75) is 47.1 Å². The van der Waals surface area contributed by atoms with Gasteiger partial charge in [-0.3, -0.25) is 0 Å². The monoisotopic (exact) mass is 207 g/mol. The zero-order valence-corrected chi connectivity index (χ0v) is 10.6. The lowest BCUT2D eigenvalue weighted by molar-refractivity contribution is 0.406. The molecule has 1 unspecified atom stereocenters. The second-order valence-corrected chi connectivity index (χ2v) is 5.60. The lowest BCUT2D eigenvalue weighted by Crippen LogP contribution is -2.26. The van der Waals surface area contributed by atoms with Crippen molar-refractivity contribution in [3.05, 3.63) is 12.3 Å². The number of nitrogens with zero attached hydrogens (tertiary/aromatic N) is 3. The highest BCUT2D eigenvalue weighted by Gasteiger charge is 2.28. The number of amidine groups is 1. The molecule has 1 rings (SSSR count). The van der Waals surface area contributed by atoms with Gasteiger partial charge in [-0.2, -0.15) is 5.11 Å². The van der Waals surface area contributed by atoms with E-state index in [1.807, 2.05) is 12.3 Å². The molecule has 0 N–H and O–H groups in total. The Kier molecular flexibility index (Phi) is 3.12. The van der Waals surface area contributed by atoms with E-state index in [-0.39, 0.29) is 11.0 Å². The molecule has 0 aromatic rings. The van der Waals surface area contributed by atoms with Gasteiger partial charge in [-0.25, -0.2) is 4.99 Å². The van der Waals surface area contributed by atoms with Crippen LogP contribution in [0, 0.1) is 11.3 Å². The molecule has 84 valence electrons. The molecule has 1 atom stereocenters. The van der Waals surface area contributed by atoms with Gasteiger partial charge in [0.05, 0.1) is 0 Å². The summed E-state index contributed by atoms with van der Waals surface area (Å²) in [5.41, 5.74) is -0.271. The van der Waals surface area contributed by atoms with Gasteiger partial charge in [0.1, 0.15) is 5.54 Å². The lowest BCUT2D eigenvalue weighted by Gasteiger charge is -2.23. The van der Waals surface area contributed by atoms with Crippen molar-refractivity contribution in [1.82, 2.24) is 0 Å². The van der Waals surface area contributed by atoms with E-state index in [0.717, 1.165) is 5.84 Å². The van der Waals surface area contributed by atoms with E-state index in [4.69, 9.17) is 0 Å². The van der Waals surface area contributed by atoms with Crippen LogP contribution in [0.2, 0.25) is 0 Å². The SMILES string of the molecule is CC(C)C1(C)C=CN=C(C(C)(C)C)N=N1. The normalized spacial score (nSPS) is 26.7. The Balaban J connectivity index is 3.00. The largest absolute Gasteiger partial charge is 0.239 e. The first-order valence-electron chi connectivity index (χ1n) is 5.44. The van der Waals surface area contributed by atoms with Crippen molar-refractivity contribution >= 4 is 5.84 Å². The van der Waals surface area contributed by atoms with Crippen LogP contribution in [0.4, 0.5) is 0 Å².